The summed E-state index contributed by atoms with van der Waals surface area (Å²) in [5.41, 5.74) is 0. The number of hydrogen-bond donors (Lipinski definition) is 0. The van der Waals surface area contributed by atoms with Gasteiger partial charge in [-0.15, -0.1) is 0 Å². The van der Waals surface area contributed by atoms with Crippen LogP contribution in [0.15, 0.2) is 0 Å². The van der Waals surface area contributed by atoms with Crippen LogP contribution in [0, 0.1) is 23.7 Å². The van der Waals surface area contributed by atoms with Crippen molar-refractivity contribution in [2.24, 2.45) is 23.7 Å². The molecule has 4 nitrogen and oxygen atoms in total. The number of hydrogen-bond acceptors (Lipinski definition) is 4. The van der Waals surface area contributed by atoms with Crippen LogP contribution in [0.3, 0.4) is 0 Å². The van der Waals surface area contributed by atoms with E-state index in [1.54, 1.807) is 0 Å². The van der Waals surface area contributed by atoms with E-state index in [-0.39, 0.29) is 25.0 Å². The zero-order valence-corrected chi connectivity index (χ0v) is 28.1. The maximum Gasteiger partial charge on any atom is 0.399 e. The predicted molar refractivity (Wildman–Crippen MR) is 170 cm³/mol. The second-order valence-corrected chi connectivity index (χ2v) is 14.4. The SMILES string of the molecule is CCCCCCCCC(C)CCCCC(C)COS(=O)(=O)OCC(C)CCCCC(C)CCCCCCCC. The first-order valence-electron chi connectivity index (χ1n) is 17.2. The second-order valence-electron chi connectivity index (χ2n) is 13.1. The summed E-state index contributed by atoms with van der Waals surface area (Å²) in [7, 11) is -3.90. The fourth-order valence-electron chi connectivity index (χ4n) is 5.41. The molecule has 0 bridgehead atoms. The lowest BCUT2D eigenvalue weighted by Gasteiger charge is -2.15. The van der Waals surface area contributed by atoms with Crippen LogP contribution in [0.25, 0.3) is 0 Å². The van der Waals surface area contributed by atoms with Crippen LogP contribution in [0.1, 0.15) is 183 Å². The van der Waals surface area contributed by atoms with Crippen molar-refractivity contribution in [3.05, 3.63) is 0 Å². The molecule has 0 aliphatic rings. The van der Waals surface area contributed by atoms with E-state index in [0.29, 0.717) is 0 Å². The summed E-state index contributed by atoms with van der Waals surface area (Å²) in [6.45, 7) is 13.9. The summed E-state index contributed by atoms with van der Waals surface area (Å²) < 4.78 is 34.8. The Balaban J connectivity index is 3.75. The first kappa shape index (κ1) is 38.9. The van der Waals surface area contributed by atoms with Crippen LogP contribution in [0.4, 0.5) is 0 Å². The van der Waals surface area contributed by atoms with Crippen LogP contribution in [0.2, 0.25) is 0 Å². The highest BCUT2D eigenvalue weighted by Gasteiger charge is 2.16. The Kier molecular flexibility index (Phi) is 26.7. The van der Waals surface area contributed by atoms with E-state index in [9.17, 15) is 8.42 Å². The van der Waals surface area contributed by atoms with Crippen molar-refractivity contribution in [1.82, 2.24) is 0 Å². The Morgan fingerprint density at radius 2 is 0.667 bits per heavy atom. The molecule has 4 unspecified atom stereocenters. The first-order valence-corrected chi connectivity index (χ1v) is 18.6. The van der Waals surface area contributed by atoms with Crippen molar-refractivity contribution in [2.75, 3.05) is 13.2 Å². The molecule has 0 saturated heterocycles. The summed E-state index contributed by atoms with van der Waals surface area (Å²) >= 11 is 0. The zero-order valence-electron chi connectivity index (χ0n) is 27.3. The van der Waals surface area contributed by atoms with Gasteiger partial charge in [0.15, 0.2) is 0 Å². The fourth-order valence-corrected chi connectivity index (χ4v) is 6.27. The molecule has 39 heavy (non-hydrogen) atoms. The van der Waals surface area contributed by atoms with Crippen molar-refractivity contribution < 1.29 is 16.8 Å². The van der Waals surface area contributed by atoms with Gasteiger partial charge >= 0.3 is 10.4 Å². The molecule has 0 amide bonds. The Bertz CT molecular complexity index is 560. The topological polar surface area (TPSA) is 52.6 Å². The van der Waals surface area contributed by atoms with Crippen molar-refractivity contribution in [3.8, 4) is 0 Å². The second kappa shape index (κ2) is 26.7. The summed E-state index contributed by atoms with van der Waals surface area (Å²) in [6.07, 6.45) is 28.4. The maximum absolute atomic E-state index is 12.2. The van der Waals surface area contributed by atoms with E-state index in [1.807, 2.05) is 0 Å². The molecule has 0 saturated carbocycles. The highest BCUT2D eigenvalue weighted by Crippen LogP contribution is 2.21. The average molecular weight is 575 g/mol. The minimum absolute atomic E-state index is 0.223. The summed E-state index contributed by atoms with van der Waals surface area (Å²) in [4.78, 5) is 0. The minimum Gasteiger partial charge on any atom is -0.248 e. The Morgan fingerprint density at radius 1 is 0.410 bits per heavy atom. The van der Waals surface area contributed by atoms with E-state index >= 15 is 0 Å². The van der Waals surface area contributed by atoms with Gasteiger partial charge in [-0.2, -0.15) is 8.42 Å². The van der Waals surface area contributed by atoms with E-state index in [4.69, 9.17) is 8.37 Å². The Labute approximate surface area is 246 Å². The lowest BCUT2D eigenvalue weighted by atomic mass is 9.95. The maximum atomic E-state index is 12.2. The van der Waals surface area contributed by atoms with Crippen LogP contribution in [0.5, 0.6) is 0 Å². The van der Waals surface area contributed by atoms with Crippen LogP contribution >= 0.6 is 0 Å². The number of unbranched alkanes of at least 4 members (excludes halogenated alkanes) is 12. The fraction of sp³-hybridized carbons (Fsp3) is 1.00. The van der Waals surface area contributed by atoms with Gasteiger partial charge in [0.05, 0.1) is 13.2 Å². The van der Waals surface area contributed by atoms with Gasteiger partial charge in [0.1, 0.15) is 0 Å². The Morgan fingerprint density at radius 3 is 1.00 bits per heavy atom. The molecule has 0 spiro atoms. The summed E-state index contributed by atoms with van der Waals surface area (Å²) in [5, 5.41) is 0. The van der Waals surface area contributed by atoms with Gasteiger partial charge in [-0.25, -0.2) is 8.37 Å². The molecule has 0 N–H and O–H groups in total. The standard InChI is InChI=1S/C34H70O4S/c1-7-9-11-13-15-17-23-31(3)25-19-21-27-33(5)29-37-39(35,36)38-30-34(6)28-22-20-26-32(4)24-18-16-14-12-10-8-2/h31-34H,7-30H2,1-6H3. The van der Waals surface area contributed by atoms with Crippen molar-refractivity contribution >= 4 is 10.4 Å². The third-order valence-corrected chi connectivity index (χ3v) is 9.23. The molecule has 0 radical (unpaired) electrons. The van der Waals surface area contributed by atoms with Crippen LogP contribution in [-0.2, 0) is 18.8 Å². The quantitative estimate of drug-likeness (QED) is 0.0800. The lowest BCUT2D eigenvalue weighted by Crippen LogP contribution is -2.18. The van der Waals surface area contributed by atoms with Crippen molar-refractivity contribution in [1.29, 1.82) is 0 Å². The van der Waals surface area contributed by atoms with E-state index in [2.05, 4.69) is 41.5 Å². The van der Waals surface area contributed by atoms with Gasteiger partial charge in [-0.05, 0) is 36.5 Å². The molecule has 4 atom stereocenters. The third kappa shape index (κ3) is 27.8. The summed E-state index contributed by atoms with van der Waals surface area (Å²) in [5.74, 6) is 2.06. The van der Waals surface area contributed by atoms with Crippen molar-refractivity contribution in [3.63, 3.8) is 0 Å². The lowest BCUT2D eigenvalue weighted by molar-refractivity contribution is 0.170. The van der Waals surface area contributed by atoms with Gasteiger partial charge in [-0.3, -0.25) is 0 Å². The Hall–Kier alpha value is -0.130. The van der Waals surface area contributed by atoms with Gasteiger partial charge in [-0.1, -0.05) is 170 Å². The highest BCUT2D eigenvalue weighted by molar-refractivity contribution is 7.81. The molecule has 0 aromatic heterocycles. The van der Waals surface area contributed by atoms with Gasteiger partial charge < -0.3 is 0 Å². The van der Waals surface area contributed by atoms with E-state index < -0.39 is 10.4 Å². The largest absolute Gasteiger partial charge is 0.399 e. The minimum atomic E-state index is -3.90. The first-order chi connectivity index (χ1) is 18.7. The number of rotatable bonds is 30. The normalized spacial score (nSPS) is 15.3. The summed E-state index contributed by atoms with van der Waals surface area (Å²) in [6, 6.07) is 0. The average Bonchev–Trinajstić information content (AvgIpc) is 2.91. The molecule has 0 aromatic rings. The zero-order chi connectivity index (χ0) is 29.2. The van der Waals surface area contributed by atoms with Crippen LogP contribution < -0.4 is 0 Å². The molecule has 5 heteroatoms. The molecule has 0 aromatic carbocycles. The molecule has 0 aliphatic carbocycles. The van der Waals surface area contributed by atoms with Gasteiger partial charge in [0.2, 0.25) is 0 Å². The predicted octanol–water partition coefficient (Wildman–Crippen LogP) is 11.4. The highest BCUT2D eigenvalue weighted by atomic mass is 32.3. The molecule has 0 fully saturated rings. The molecule has 0 heterocycles. The van der Waals surface area contributed by atoms with E-state index in [0.717, 1.165) is 37.5 Å². The van der Waals surface area contributed by atoms with Crippen LogP contribution in [-0.4, -0.2) is 21.6 Å². The molecule has 0 rings (SSSR count). The third-order valence-electron chi connectivity index (χ3n) is 8.38. The van der Waals surface area contributed by atoms with Gasteiger partial charge in [0.25, 0.3) is 0 Å². The van der Waals surface area contributed by atoms with Crippen molar-refractivity contribution in [2.45, 2.75) is 183 Å². The van der Waals surface area contributed by atoms with E-state index in [1.165, 1.54) is 116 Å². The molecule has 236 valence electrons. The van der Waals surface area contributed by atoms with Gasteiger partial charge in [0, 0.05) is 0 Å². The monoisotopic (exact) mass is 574 g/mol. The molecular weight excluding hydrogens is 504 g/mol. The molecular formula is C34H70O4S. The molecule has 0 aliphatic heterocycles. The smallest absolute Gasteiger partial charge is 0.248 e.